The van der Waals surface area contributed by atoms with Crippen LogP contribution in [0, 0.1) is 10.1 Å². The summed E-state index contributed by atoms with van der Waals surface area (Å²) in [5.74, 6) is 0. The van der Waals surface area contributed by atoms with Gasteiger partial charge in [-0.2, -0.15) is 0 Å². The molecule has 0 aromatic heterocycles. The van der Waals surface area contributed by atoms with E-state index in [1.54, 1.807) is 12.1 Å². The van der Waals surface area contributed by atoms with Crippen LogP contribution in [0.1, 0.15) is 0 Å². The number of nitrogens with one attached hydrogen (secondary N) is 1. The van der Waals surface area contributed by atoms with Gasteiger partial charge in [-0.1, -0.05) is 0 Å². The zero-order valence-corrected chi connectivity index (χ0v) is 7.04. The number of hydrogen-bond donors (Lipinski definition) is 1. The van der Waals surface area contributed by atoms with Gasteiger partial charge in [0.05, 0.1) is 4.92 Å². The smallest absolute Gasteiger partial charge is 0.269 e. The van der Waals surface area contributed by atoms with Crippen LogP contribution in [0.3, 0.4) is 0 Å². The van der Waals surface area contributed by atoms with Gasteiger partial charge in [-0.25, -0.2) is 0 Å². The van der Waals surface area contributed by atoms with Gasteiger partial charge >= 0.3 is 0 Å². The Morgan fingerprint density at radius 2 is 1.91 bits per heavy atom. The van der Waals surface area contributed by atoms with Gasteiger partial charge in [0.2, 0.25) is 0 Å². The number of halogens is 1. The molecule has 0 aliphatic carbocycles. The second-order valence-corrected chi connectivity index (χ2v) is 2.29. The lowest BCUT2D eigenvalue weighted by atomic mass is 10.3. The van der Waals surface area contributed by atoms with E-state index in [-0.39, 0.29) is 5.69 Å². The Hall–Kier alpha value is -1.10. The fourth-order valence-electron chi connectivity index (χ4n) is 0.646. The lowest BCUT2D eigenvalue weighted by molar-refractivity contribution is -0.384. The molecule has 0 aliphatic rings. The molecule has 0 unspecified atom stereocenters. The highest BCUT2D eigenvalue weighted by molar-refractivity contribution is 9.10. The van der Waals surface area contributed by atoms with Gasteiger partial charge in [0.1, 0.15) is 0 Å². The first-order chi connectivity index (χ1) is 5.24. The van der Waals surface area contributed by atoms with Gasteiger partial charge < -0.3 is 4.34 Å². The number of rotatable bonds is 2. The van der Waals surface area contributed by atoms with Gasteiger partial charge in [-0.05, 0) is 12.1 Å². The predicted octanol–water partition coefficient (Wildman–Crippen LogP) is 2.32. The van der Waals surface area contributed by atoms with E-state index in [2.05, 4.69) is 20.5 Å². The zero-order valence-electron chi connectivity index (χ0n) is 5.45. The van der Waals surface area contributed by atoms with E-state index in [4.69, 9.17) is 0 Å². The number of anilines is 1. The van der Waals surface area contributed by atoms with Crippen molar-refractivity contribution in [1.29, 1.82) is 0 Å². The molecular weight excluding hydrogens is 212 g/mol. The van der Waals surface area contributed by atoms with Crippen LogP contribution in [0.15, 0.2) is 24.3 Å². The Balaban J connectivity index is 2.91. The number of nitrogens with zero attached hydrogens (tertiary/aromatic N) is 1. The minimum Gasteiger partial charge on any atom is -0.322 e. The SMILES string of the molecule is O=[N+]([O-])c1ccc(NBr)cc1. The van der Waals surface area contributed by atoms with Crippen molar-refractivity contribution in [3.05, 3.63) is 34.4 Å². The van der Waals surface area contributed by atoms with Crippen molar-refractivity contribution in [2.45, 2.75) is 0 Å². The van der Waals surface area contributed by atoms with Crippen LogP contribution in [0.25, 0.3) is 0 Å². The van der Waals surface area contributed by atoms with E-state index in [1.807, 2.05) is 0 Å². The summed E-state index contributed by atoms with van der Waals surface area (Å²) < 4.78 is 2.68. The second-order valence-electron chi connectivity index (χ2n) is 1.90. The summed E-state index contributed by atoms with van der Waals surface area (Å²) in [6, 6.07) is 6.10. The molecule has 0 aliphatic heterocycles. The fraction of sp³-hybridized carbons (Fsp3) is 0. The quantitative estimate of drug-likeness (QED) is 0.469. The van der Waals surface area contributed by atoms with Crippen LogP contribution in [-0.4, -0.2) is 4.92 Å². The summed E-state index contributed by atoms with van der Waals surface area (Å²) in [6.45, 7) is 0. The van der Waals surface area contributed by atoms with E-state index in [1.165, 1.54) is 12.1 Å². The number of hydrogen-bond acceptors (Lipinski definition) is 3. The largest absolute Gasteiger partial charge is 0.322 e. The van der Waals surface area contributed by atoms with E-state index < -0.39 is 4.92 Å². The molecular formula is C6H5BrN2O2. The monoisotopic (exact) mass is 216 g/mol. The van der Waals surface area contributed by atoms with Crippen molar-refractivity contribution in [3.8, 4) is 0 Å². The van der Waals surface area contributed by atoms with Crippen molar-refractivity contribution in [2.24, 2.45) is 0 Å². The first-order valence-corrected chi connectivity index (χ1v) is 3.64. The predicted molar refractivity (Wildman–Crippen MR) is 45.6 cm³/mol. The third-order valence-electron chi connectivity index (χ3n) is 1.19. The van der Waals surface area contributed by atoms with Crippen LogP contribution >= 0.6 is 16.1 Å². The Kier molecular flexibility index (Phi) is 2.43. The Labute approximate surface area is 71.7 Å². The Bertz CT molecular complexity index is 260. The summed E-state index contributed by atoms with van der Waals surface area (Å²) in [4.78, 5) is 9.74. The Morgan fingerprint density at radius 3 is 2.27 bits per heavy atom. The molecule has 11 heavy (non-hydrogen) atoms. The lowest BCUT2D eigenvalue weighted by Crippen LogP contribution is -1.87. The Morgan fingerprint density at radius 1 is 1.36 bits per heavy atom. The van der Waals surface area contributed by atoms with Gasteiger partial charge in [0.15, 0.2) is 0 Å². The molecule has 0 saturated heterocycles. The van der Waals surface area contributed by atoms with Gasteiger partial charge in [0.25, 0.3) is 5.69 Å². The van der Waals surface area contributed by atoms with Crippen LogP contribution < -0.4 is 4.34 Å². The molecule has 58 valence electrons. The summed E-state index contributed by atoms with van der Waals surface area (Å²) in [5.41, 5.74) is 0.882. The average molecular weight is 217 g/mol. The van der Waals surface area contributed by atoms with Crippen LogP contribution in [0.4, 0.5) is 11.4 Å². The van der Waals surface area contributed by atoms with E-state index >= 15 is 0 Å². The summed E-state index contributed by atoms with van der Waals surface area (Å²) in [7, 11) is 0. The van der Waals surface area contributed by atoms with Crippen LogP contribution in [0.5, 0.6) is 0 Å². The van der Waals surface area contributed by atoms with Crippen LogP contribution in [-0.2, 0) is 0 Å². The van der Waals surface area contributed by atoms with E-state index in [0.29, 0.717) is 0 Å². The summed E-state index contributed by atoms with van der Waals surface area (Å²) in [5, 5.41) is 10.2. The molecule has 0 heterocycles. The highest BCUT2D eigenvalue weighted by Crippen LogP contribution is 2.15. The summed E-state index contributed by atoms with van der Waals surface area (Å²) >= 11 is 3.00. The molecule has 1 aromatic rings. The maximum Gasteiger partial charge on any atom is 0.269 e. The molecule has 0 radical (unpaired) electrons. The maximum absolute atomic E-state index is 10.2. The molecule has 0 fully saturated rings. The number of non-ortho nitro benzene ring substituents is 1. The highest BCUT2D eigenvalue weighted by atomic mass is 79.9. The van der Waals surface area contributed by atoms with Gasteiger partial charge in [0, 0.05) is 34.0 Å². The van der Waals surface area contributed by atoms with Crippen molar-refractivity contribution in [3.63, 3.8) is 0 Å². The normalized spacial score (nSPS) is 9.18. The van der Waals surface area contributed by atoms with Crippen molar-refractivity contribution in [2.75, 3.05) is 4.34 Å². The minimum atomic E-state index is -0.433. The molecule has 0 bridgehead atoms. The minimum absolute atomic E-state index is 0.0940. The zero-order chi connectivity index (χ0) is 8.27. The molecule has 0 saturated carbocycles. The third-order valence-corrected chi connectivity index (χ3v) is 1.65. The molecule has 0 atom stereocenters. The number of benzene rings is 1. The summed E-state index contributed by atoms with van der Waals surface area (Å²) in [6.07, 6.45) is 0. The first kappa shape index (κ1) is 8.00. The second kappa shape index (κ2) is 3.34. The van der Waals surface area contributed by atoms with Gasteiger partial charge in [-0.3, -0.25) is 10.1 Å². The standard InChI is InChI=1S/C6H5BrN2O2/c7-8-5-1-3-6(4-2-5)9(10)11/h1-4,8H. The van der Waals surface area contributed by atoms with Crippen molar-refractivity contribution >= 4 is 27.5 Å². The number of nitro benzene ring substituents is 1. The highest BCUT2D eigenvalue weighted by Gasteiger charge is 2.02. The van der Waals surface area contributed by atoms with Crippen LogP contribution in [0.2, 0.25) is 0 Å². The number of nitro groups is 1. The maximum atomic E-state index is 10.2. The lowest BCUT2D eigenvalue weighted by Gasteiger charge is -1.94. The third kappa shape index (κ3) is 1.91. The van der Waals surface area contributed by atoms with Crippen molar-refractivity contribution in [1.82, 2.24) is 0 Å². The molecule has 1 aromatic carbocycles. The topological polar surface area (TPSA) is 55.2 Å². The molecule has 1 rings (SSSR count). The average Bonchev–Trinajstić information content (AvgIpc) is 2.05. The molecule has 1 N–H and O–H groups in total. The molecule has 0 spiro atoms. The molecule has 5 heteroatoms. The van der Waals surface area contributed by atoms with Crippen molar-refractivity contribution < 1.29 is 4.92 Å². The fourth-order valence-corrected chi connectivity index (χ4v) is 0.910. The first-order valence-electron chi connectivity index (χ1n) is 2.85. The van der Waals surface area contributed by atoms with E-state index in [0.717, 1.165) is 5.69 Å². The molecule has 4 nitrogen and oxygen atoms in total. The van der Waals surface area contributed by atoms with Gasteiger partial charge in [-0.15, -0.1) is 0 Å². The molecule has 0 amide bonds. The van der Waals surface area contributed by atoms with E-state index in [9.17, 15) is 10.1 Å².